The molecule has 2 aromatic rings. The molecule has 1 atom stereocenters. The van der Waals surface area contributed by atoms with Crippen LogP contribution in [0.4, 0.5) is 0 Å². The Morgan fingerprint density at radius 1 is 1.17 bits per heavy atom. The number of benzene rings is 2. The van der Waals surface area contributed by atoms with Crippen molar-refractivity contribution in [3.05, 3.63) is 65.2 Å². The van der Waals surface area contributed by atoms with Crippen molar-refractivity contribution in [3.8, 4) is 5.75 Å². The quantitative estimate of drug-likeness (QED) is 0.820. The number of amides is 1. The van der Waals surface area contributed by atoms with E-state index >= 15 is 0 Å². The van der Waals surface area contributed by atoms with Crippen LogP contribution >= 0.6 is 0 Å². The summed E-state index contributed by atoms with van der Waals surface area (Å²) < 4.78 is 5.79. The van der Waals surface area contributed by atoms with E-state index in [0.29, 0.717) is 12.4 Å². The lowest BCUT2D eigenvalue weighted by atomic mass is 10.1. The molecule has 0 saturated carbocycles. The zero-order valence-electron chi connectivity index (χ0n) is 13.8. The second-order valence-electron chi connectivity index (χ2n) is 5.67. The summed E-state index contributed by atoms with van der Waals surface area (Å²) >= 11 is 0. The Hall–Kier alpha value is -2.82. The third kappa shape index (κ3) is 5.12. The van der Waals surface area contributed by atoms with Gasteiger partial charge in [0.25, 0.3) is 0 Å². The van der Waals surface area contributed by atoms with E-state index in [-0.39, 0.29) is 12.3 Å². The van der Waals surface area contributed by atoms with E-state index in [4.69, 9.17) is 9.84 Å². The molecule has 0 bridgehead atoms. The van der Waals surface area contributed by atoms with Gasteiger partial charge in [-0.3, -0.25) is 9.59 Å². The highest BCUT2D eigenvalue weighted by Gasteiger charge is 2.14. The van der Waals surface area contributed by atoms with Gasteiger partial charge in [-0.25, -0.2) is 0 Å². The smallest absolute Gasteiger partial charge is 0.325 e. The molecule has 0 unspecified atom stereocenters. The molecule has 5 nitrogen and oxygen atoms in total. The highest BCUT2D eigenvalue weighted by atomic mass is 16.5. The van der Waals surface area contributed by atoms with Crippen LogP contribution in [-0.4, -0.2) is 23.0 Å². The average Bonchev–Trinajstić information content (AvgIpc) is 2.54. The van der Waals surface area contributed by atoms with Gasteiger partial charge in [-0.2, -0.15) is 0 Å². The molecule has 0 aliphatic carbocycles. The lowest BCUT2D eigenvalue weighted by Gasteiger charge is -2.11. The minimum absolute atomic E-state index is 0.110. The molecular weight excluding hydrogens is 306 g/mol. The third-order valence-electron chi connectivity index (χ3n) is 3.67. The van der Waals surface area contributed by atoms with Crippen LogP contribution in [0.2, 0.25) is 0 Å². The SMILES string of the molecule is Cc1ccccc1COc1cccc(CC(=O)N[C@@H](C)C(=O)O)c1. The Balaban J connectivity index is 1.95. The van der Waals surface area contributed by atoms with E-state index in [1.165, 1.54) is 6.92 Å². The number of aliphatic carboxylic acids is 1. The topological polar surface area (TPSA) is 75.6 Å². The summed E-state index contributed by atoms with van der Waals surface area (Å²) in [5.41, 5.74) is 3.04. The Morgan fingerprint density at radius 3 is 2.62 bits per heavy atom. The maximum absolute atomic E-state index is 11.8. The van der Waals surface area contributed by atoms with Crippen molar-refractivity contribution in [2.45, 2.75) is 32.9 Å². The van der Waals surface area contributed by atoms with Crippen LogP contribution in [0.3, 0.4) is 0 Å². The maximum Gasteiger partial charge on any atom is 0.325 e. The predicted octanol–water partition coefficient (Wildman–Crippen LogP) is 2.71. The zero-order chi connectivity index (χ0) is 17.5. The molecule has 0 aliphatic rings. The number of carboxylic acid groups (broad SMARTS) is 1. The fourth-order valence-electron chi connectivity index (χ4n) is 2.22. The van der Waals surface area contributed by atoms with E-state index in [2.05, 4.69) is 5.32 Å². The lowest BCUT2D eigenvalue weighted by molar-refractivity contribution is -0.141. The van der Waals surface area contributed by atoms with Crippen LogP contribution in [0.25, 0.3) is 0 Å². The molecule has 1 amide bonds. The minimum Gasteiger partial charge on any atom is -0.489 e. The van der Waals surface area contributed by atoms with Crippen molar-refractivity contribution in [3.63, 3.8) is 0 Å². The molecular formula is C19H21NO4. The highest BCUT2D eigenvalue weighted by molar-refractivity contribution is 5.84. The van der Waals surface area contributed by atoms with Gasteiger partial charge in [-0.05, 0) is 42.7 Å². The fraction of sp³-hybridized carbons (Fsp3) is 0.263. The first-order chi connectivity index (χ1) is 11.5. The molecule has 0 heterocycles. The molecule has 0 aromatic heterocycles. The van der Waals surface area contributed by atoms with Crippen molar-refractivity contribution < 1.29 is 19.4 Å². The maximum atomic E-state index is 11.8. The molecule has 2 aromatic carbocycles. The van der Waals surface area contributed by atoms with E-state index < -0.39 is 12.0 Å². The fourth-order valence-corrected chi connectivity index (χ4v) is 2.22. The van der Waals surface area contributed by atoms with Crippen molar-refractivity contribution in [2.75, 3.05) is 0 Å². The minimum atomic E-state index is -1.06. The summed E-state index contributed by atoms with van der Waals surface area (Å²) in [5.74, 6) is -0.713. The first-order valence-corrected chi connectivity index (χ1v) is 7.74. The number of hydrogen-bond donors (Lipinski definition) is 2. The molecule has 126 valence electrons. The molecule has 0 aliphatic heterocycles. The van der Waals surface area contributed by atoms with Crippen molar-refractivity contribution in [1.29, 1.82) is 0 Å². The van der Waals surface area contributed by atoms with E-state index in [0.717, 1.165) is 16.7 Å². The number of hydrogen-bond acceptors (Lipinski definition) is 3. The summed E-state index contributed by atoms with van der Waals surface area (Å²) in [5, 5.41) is 11.2. The van der Waals surface area contributed by atoms with E-state index in [1.807, 2.05) is 49.4 Å². The van der Waals surface area contributed by atoms with Gasteiger partial charge in [0.1, 0.15) is 18.4 Å². The number of ether oxygens (including phenoxy) is 1. The van der Waals surface area contributed by atoms with Gasteiger partial charge in [-0.1, -0.05) is 36.4 Å². The van der Waals surface area contributed by atoms with Crippen LogP contribution in [0, 0.1) is 6.92 Å². The first-order valence-electron chi connectivity index (χ1n) is 7.74. The van der Waals surface area contributed by atoms with Gasteiger partial charge in [0, 0.05) is 0 Å². The van der Waals surface area contributed by atoms with E-state index in [1.54, 1.807) is 6.07 Å². The van der Waals surface area contributed by atoms with Gasteiger partial charge in [0.2, 0.25) is 5.91 Å². The zero-order valence-corrected chi connectivity index (χ0v) is 13.8. The summed E-state index contributed by atoms with van der Waals surface area (Å²) in [4.78, 5) is 22.6. The number of carboxylic acids is 1. The van der Waals surface area contributed by atoms with Crippen LogP contribution < -0.4 is 10.1 Å². The van der Waals surface area contributed by atoms with Crippen LogP contribution in [0.15, 0.2) is 48.5 Å². The van der Waals surface area contributed by atoms with Crippen LogP contribution in [0.1, 0.15) is 23.6 Å². The Bertz CT molecular complexity index is 727. The van der Waals surface area contributed by atoms with Gasteiger partial charge in [-0.15, -0.1) is 0 Å². The third-order valence-corrected chi connectivity index (χ3v) is 3.67. The Kier molecular flexibility index (Phi) is 5.95. The molecule has 0 radical (unpaired) electrons. The van der Waals surface area contributed by atoms with Gasteiger partial charge >= 0.3 is 5.97 Å². The van der Waals surface area contributed by atoms with Gasteiger partial charge < -0.3 is 15.2 Å². The van der Waals surface area contributed by atoms with Crippen LogP contribution in [0.5, 0.6) is 5.75 Å². The normalized spacial score (nSPS) is 11.6. The Labute approximate surface area is 141 Å². The summed E-state index contributed by atoms with van der Waals surface area (Å²) in [6.45, 7) is 3.92. The number of carbonyl (C=O) groups is 2. The number of aryl methyl sites for hydroxylation is 1. The number of nitrogens with one attached hydrogen (secondary N) is 1. The molecule has 2 N–H and O–H groups in total. The predicted molar refractivity (Wildman–Crippen MR) is 90.9 cm³/mol. The number of carbonyl (C=O) groups excluding carboxylic acids is 1. The average molecular weight is 327 g/mol. The molecule has 5 heteroatoms. The lowest BCUT2D eigenvalue weighted by Crippen LogP contribution is -2.39. The largest absolute Gasteiger partial charge is 0.489 e. The van der Waals surface area contributed by atoms with Gasteiger partial charge in [0.15, 0.2) is 0 Å². The summed E-state index contributed by atoms with van der Waals surface area (Å²) in [6, 6.07) is 14.3. The molecule has 2 rings (SSSR count). The molecule has 0 saturated heterocycles. The summed E-state index contributed by atoms with van der Waals surface area (Å²) in [7, 11) is 0. The summed E-state index contributed by atoms with van der Waals surface area (Å²) in [6.07, 6.45) is 0.110. The second kappa shape index (κ2) is 8.15. The van der Waals surface area contributed by atoms with Crippen molar-refractivity contribution in [2.24, 2.45) is 0 Å². The highest BCUT2D eigenvalue weighted by Crippen LogP contribution is 2.17. The first kappa shape index (κ1) is 17.5. The molecule has 0 fully saturated rings. The van der Waals surface area contributed by atoms with Crippen molar-refractivity contribution >= 4 is 11.9 Å². The van der Waals surface area contributed by atoms with Crippen LogP contribution in [-0.2, 0) is 22.6 Å². The molecule has 0 spiro atoms. The second-order valence-corrected chi connectivity index (χ2v) is 5.67. The molecule has 24 heavy (non-hydrogen) atoms. The standard InChI is InChI=1S/C19H21NO4/c1-13-6-3-4-8-16(13)12-24-17-9-5-7-15(10-17)11-18(21)20-14(2)19(22)23/h3-10,14H,11-12H2,1-2H3,(H,20,21)(H,22,23)/t14-/m0/s1. The Morgan fingerprint density at radius 2 is 1.92 bits per heavy atom. The van der Waals surface area contributed by atoms with Gasteiger partial charge in [0.05, 0.1) is 6.42 Å². The number of rotatable bonds is 7. The van der Waals surface area contributed by atoms with E-state index in [9.17, 15) is 9.59 Å². The monoisotopic (exact) mass is 327 g/mol. The van der Waals surface area contributed by atoms with Crippen molar-refractivity contribution in [1.82, 2.24) is 5.32 Å².